The number of hydrogen-bond acceptors (Lipinski definition) is 5. The Morgan fingerprint density at radius 1 is 1.20 bits per heavy atom. The molecule has 1 aliphatic carbocycles. The molecule has 0 amide bonds. The third kappa shape index (κ3) is 2.44. The molecule has 7 heteroatoms. The number of thiazole rings is 1. The van der Waals surface area contributed by atoms with Gasteiger partial charge >= 0.3 is 0 Å². The smallest absolute Gasteiger partial charge is 0.267 e. The van der Waals surface area contributed by atoms with E-state index in [0.29, 0.717) is 10.9 Å². The molecule has 5 rings (SSSR count). The fraction of sp³-hybridized carbons (Fsp3) is 0.167. The molecule has 0 aromatic carbocycles. The molecule has 4 aromatic rings. The highest BCUT2D eigenvalue weighted by molar-refractivity contribution is 7.16. The van der Waals surface area contributed by atoms with E-state index >= 15 is 0 Å². The zero-order chi connectivity index (χ0) is 17.0. The first-order chi connectivity index (χ1) is 12.2. The van der Waals surface area contributed by atoms with Crippen LogP contribution in [0.25, 0.3) is 15.5 Å². The van der Waals surface area contributed by atoms with Crippen molar-refractivity contribution in [1.82, 2.24) is 14.4 Å². The van der Waals surface area contributed by atoms with E-state index in [9.17, 15) is 4.79 Å². The molecule has 4 aromatic heterocycles. The van der Waals surface area contributed by atoms with Gasteiger partial charge in [-0.1, -0.05) is 23.7 Å². The number of hydrogen-bond donors (Lipinski definition) is 0. The van der Waals surface area contributed by atoms with Crippen molar-refractivity contribution in [1.29, 1.82) is 0 Å². The van der Waals surface area contributed by atoms with Crippen LogP contribution >= 0.6 is 34.3 Å². The molecule has 1 saturated carbocycles. The summed E-state index contributed by atoms with van der Waals surface area (Å²) in [6, 6.07) is 7.97. The second-order valence-electron chi connectivity index (χ2n) is 6.07. The van der Waals surface area contributed by atoms with Crippen molar-refractivity contribution in [2.24, 2.45) is 0 Å². The van der Waals surface area contributed by atoms with Crippen molar-refractivity contribution < 1.29 is 0 Å². The van der Waals surface area contributed by atoms with Crippen LogP contribution in [0.5, 0.6) is 0 Å². The second kappa shape index (κ2) is 5.76. The van der Waals surface area contributed by atoms with Gasteiger partial charge in [0.2, 0.25) is 0 Å². The highest BCUT2D eigenvalue weighted by atomic mass is 35.5. The maximum atomic E-state index is 12.9. The summed E-state index contributed by atoms with van der Waals surface area (Å²) in [4.78, 5) is 23.5. The number of fused-ring (bicyclic) bond motifs is 1. The van der Waals surface area contributed by atoms with Gasteiger partial charge in [-0.2, -0.15) is 0 Å². The maximum absolute atomic E-state index is 12.9. The van der Waals surface area contributed by atoms with Crippen LogP contribution in [0.3, 0.4) is 0 Å². The Kier molecular flexibility index (Phi) is 3.51. The lowest BCUT2D eigenvalue weighted by molar-refractivity contribution is 0.939. The Morgan fingerprint density at radius 2 is 2.12 bits per heavy atom. The van der Waals surface area contributed by atoms with E-state index in [1.54, 1.807) is 21.9 Å². The second-order valence-corrected chi connectivity index (χ2v) is 8.23. The molecule has 0 N–H and O–H groups in total. The van der Waals surface area contributed by atoms with Crippen molar-refractivity contribution >= 4 is 39.2 Å². The summed E-state index contributed by atoms with van der Waals surface area (Å²) in [7, 11) is 0. The van der Waals surface area contributed by atoms with E-state index in [4.69, 9.17) is 16.6 Å². The molecule has 25 heavy (non-hydrogen) atoms. The molecule has 1 aliphatic rings. The van der Waals surface area contributed by atoms with Crippen LogP contribution in [-0.4, -0.2) is 14.4 Å². The van der Waals surface area contributed by atoms with Crippen LogP contribution in [-0.2, 0) is 0 Å². The minimum atomic E-state index is -0.178. The first-order valence-corrected chi connectivity index (χ1v) is 10.0. The van der Waals surface area contributed by atoms with Crippen molar-refractivity contribution in [3.63, 3.8) is 0 Å². The molecular weight excluding hydrogens is 374 g/mol. The molecule has 0 aliphatic heterocycles. The number of nitrogens with zero attached hydrogens (tertiary/aromatic N) is 3. The predicted octanol–water partition coefficient (Wildman–Crippen LogP) is 4.80. The van der Waals surface area contributed by atoms with E-state index in [-0.39, 0.29) is 16.5 Å². The van der Waals surface area contributed by atoms with Gasteiger partial charge in [-0.15, -0.1) is 22.7 Å². The largest absolute Gasteiger partial charge is 0.278 e. The molecule has 4 heterocycles. The molecule has 1 fully saturated rings. The molecule has 2 atom stereocenters. The molecule has 0 spiro atoms. The summed E-state index contributed by atoms with van der Waals surface area (Å²) in [6.45, 7) is 0. The summed E-state index contributed by atoms with van der Waals surface area (Å²) < 4.78 is 1.63. The molecule has 0 radical (unpaired) electrons. The average molecular weight is 386 g/mol. The van der Waals surface area contributed by atoms with Crippen molar-refractivity contribution in [3.05, 3.63) is 74.1 Å². The average Bonchev–Trinajstić information content (AvgIpc) is 3.05. The van der Waals surface area contributed by atoms with Crippen LogP contribution in [0.2, 0.25) is 5.02 Å². The summed E-state index contributed by atoms with van der Waals surface area (Å²) in [5.74, 6) is 0.541. The first kappa shape index (κ1) is 15.3. The van der Waals surface area contributed by atoms with E-state index in [2.05, 4.69) is 11.1 Å². The van der Waals surface area contributed by atoms with Crippen LogP contribution in [0, 0.1) is 0 Å². The molecule has 2 unspecified atom stereocenters. The molecular formula is C18H12ClN3OS2. The third-order valence-corrected chi connectivity index (χ3v) is 6.64. The number of thiophene rings is 1. The molecule has 0 saturated heterocycles. The van der Waals surface area contributed by atoms with Gasteiger partial charge in [-0.3, -0.25) is 9.78 Å². The number of pyridine rings is 1. The third-order valence-electron chi connectivity index (χ3n) is 4.57. The Balaban J connectivity index is 1.60. The lowest BCUT2D eigenvalue weighted by Crippen LogP contribution is -2.17. The van der Waals surface area contributed by atoms with Gasteiger partial charge in [0.25, 0.3) is 5.56 Å². The lowest BCUT2D eigenvalue weighted by Gasteiger charge is -2.05. The molecule has 124 valence electrons. The SMILES string of the molecule is O=c1c(Cl)c(C2CC2c2cccnc2)nc2scc(-c3cccs3)n12. The zero-order valence-electron chi connectivity index (χ0n) is 12.9. The van der Waals surface area contributed by atoms with Gasteiger partial charge in [0.05, 0.1) is 16.3 Å². The predicted molar refractivity (Wildman–Crippen MR) is 102 cm³/mol. The van der Waals surface area contributed by atoms with Crippen molar-refractivity contribution in [3.8, 4) is 10.6 Å². The molecule has 4 nitrogen and oxygen atoms in total. The van der Waals surface area contributed by atoms with Gasteiger partial charge in [0.1, 0.15) is 5.02 Å². The lowest BCUT2D eigenvalue weighted by atomic mass is 10.1. The van der Waals surface area contributed by atoms with E-state index in [0.717, 1.165) is 22.7 Å². The highest BCUT2D eigenvalue weighted by Gasteiger charge is 2.43. The van der Waals surface area contributed by atoms with Crippen LogP contribution in [0.4, 0.5) is 0 Å². The quantitative estimate of drug-likeness (QED) is 0.508. The van der Waals surface area contributed by atoms with Gasteiger partial charge in [0, 0.05) is 23.7 Å². The van der Waals surface area contributed by atoms with E-state index in [1.807, 2.05) is 35.2 Å². The first-order valence-electron chi connectivity index (χ1n) is 7.87. The van der Waals surface area contributed by atoms with Crippen LogP contribution in [0.15, 0.2) is 52.2 Å². The summed E-state index contributed by atoms with van der Waals surface area (Å²) in [5, 5.41) is 4.21. The number of aromatic nitrogens is 3. The van der Waals surface area contributed by atoms with E-state index in [1.165, 1.54) is 16.9 Å². The Hall–Kier alpha value is -2.02. The summed E-state index contributed by atoms with van der Waals surface area (Å²) in [6.07, 6.45) is 4.60. The van der Waals surface area contributed by atoms with Crippen LogP contribution in [0.1, 0.15) is 29.5 Å². The Bertz CT molecular complexity index is 1120. The minimum Gasteiger partial charge on any atom is -0.267 e. The Labute approximate surface area is 156 Å². The zero-order valence-corrected chi connectivity index (χ0v) is 15.3. The normalized spacial score (nSPS) is 19.4. The topological polar surface area (TPSA) is 47.3 Å². The molecule has 0 bridgehead atoms. The number of halogens is 1. The fourth-order valence-corrected chi connectivity index (χ4v) is 5.21. The standard InChI is InChI=1S/C18H12ClN3OS2/c19-15-16(12-7-11(12)10-3-1-5-20-8-10)21-18-22(17(15)23)13(9-25-18)14-4-2-6-24-14/h1-6,8-9,11-12H,7H2. The van der Waals surface area contributed by atoms with Gasteiger partial charge in [-0.05, 0) is 35.4 Å². The summed E-state index contributed by atoms with van der Waals surface area (Å²) >= 11 is 9.53. The van der Waals surface area contributed by atoms with E-state index < -0.39 is 0 Å². The van der Waals surface area contributed by atoms with Gasteiger partial charge in [-0.25, -0.2) is 9.38 Å². The van der Waals surface area contributed by atoms with Crippen LogP contribution < -0.4 is 5.56 Å². The fourth-order valence-electron chi connectivity index (χ4n) is 3.25. The highest BCUT2D eigenvalue weighted by Crippen LogP contribution is 2.55. The maximum Gasteiger partial charge on any atom is 0.278 e. The minimum absolute atomic E-state index is 0.178. The van der Waals surface area contributed by atoms with Gasteiger partial charge in [0.15, 0.2) is 4.96 Å². The monoisotopic (exact) mass is 385 g/mol. The summed E-state index contributed by atoms with van der Waals surface area (Å²) in [5.41, 5.74) is 2.58. The van der Waals surface area contributed by atoms with Crippen molar-refractivity contribution in [2.75, 3.05) is 0 Å². The van der Waals surface area contributed by atoms with Gasteiger partial charge < -0.3 is 0 Å². The Morgan fingerprint density at radius 3 is 2.88 bits per heavy atom. The number of rotatable bonds is 3. The van der Waals surface area contributed by atoms with Crippen molar-refractivity contribution in [2.45, 2.75) is 18.3 Å².